The molecular weight excluding hydrogens is 228 g/mol. The van der Waals surface area contributed by atoms with Gasteiger partial charge in [-0.2, -0.15) is 0 Å². The number of carbonyl (C=O) groups is 2. The first kappa shape index (κ1) is 13.3. The number of hydrogen-bond donors (Lipinski definition) is 1. The lowest BCUT2D eigenvalue weighted by Gasteiger charge is -2.27. The molecule has 92 valence electrons. The first-order valence-corrected chi connectivity index (χ1v) is 6.52. The Balaban J connectivity index is 2.07. The van der Waals surface area contributed by atoms with Gasteiger partial charge in [-0.05, 0) is 0 Å². The number of ether oxygens (including phenoxy) is 1. The molecule has 1 aliphatic rings. The highest BCUT2D eigenvalue weighted by Gasteiger charge is 2.15. The van der Waals surface area contributed by atoms with Crippen molar-refractivity contribution < 1.29 is 14.3 Å². The summed E-state index contributed by atoms with van der Waals surface area (Å²) in [4.78, 5) is 24.4. The molecule has 1 amide bonds. The van der Waals surface area contributed by atoms with Crippen molar-refractivity contribution in [3.63, 3.8) is 0 Å². The van der Waals surface area contributed by atoms with Crippen molar-refractivity contribution in [2.24, 2.45) is 0 Å². The highest BCUT2D eigenvalue weighted by Crippen LogP contribution is 2.05. The Morgan fingerprint density at radius 2 is 2.06 bits per heavy atom. The second-order valence-electron chi connectivity index (χ2n) is 3.51. The molecule has 0 radical (unpaired) electrons. The summed E-state index contributed by atoms with van der Waals surface area (Å²) >= 11 is 1.44. The van der Waals surface area contributed by atoms with E-state index in [2.05, 4.69) is 10.1 Å². The van der Waals surface area contributed by atoms with E-state index in [0.29, 0.717) is 17.9 Å². The highest BCUT2D eigenvalue weighted by molar-refractivity contribution is 7.99. The molecule has 1 aliphatic heterocycles. The van der Waals surface area contributed by atoms with E-state index in [4.69, 9.17) is 0 Å². The molecule has 5 nitrogen and oxygen atoms in total. The van der Waals surface area contributed by atoms with Gasteiger partial charge in [0.05, 0.1) is 12.9 Å². The zero-order valence-corrected chi connectivity index (χ0v) is 10.3. The predicted molar refractivity (Wildman–Crippen MR) is 63.4 cm³/mol. The van der Waals surface area contributed by atoms with Crippen LogP contribution in [0.2, 0.25) is 0 Å². The fourth-order valence-corrected chi connectivity index (χ4v) is 2.19. The van der Waals surface area contributed by atoms with Gasteiger partial charge in [0.25, 0.3) is 0 Å². The normalized spacial score (nSPS) is 15.9. The number of carbonyl (C=O) groups excluding carboxylic acids is 2. The standard InChI is InChI=1S/C10H18N2O3S/c1-15-10(14)8-16-7-2-9(13)12-5-3-11-4-6-12/h11H,2-8H2,1H3. The summed E-state index contributed by atoms with van der Waals surface area (Å²) in [6.45, 7) is 3.34. The third-order valence-corrected chi connectivity index (χ3v) is 3.31. The average molecular weight is 246 g/mol. The average Bonchev–Trinajstić information content (AvgIpc) is 2.35. The van der Waals surface area contributed by atoms with Crippen LogP contribution in [-0.2, 0) is 14.3 Å². The molecule has 1 rings (SSSR count). The van der Waals surface area contributed by atoms with Crippen molar-refractivity contribution in [1.82, 2.24) is 10.2 Å². The summed E-state index contributed by atoms with van der Waals surface area (Å²) in [7, 11) is 1.37. The van der Waals surface area contributed by atoms with Crippen LogP contribution in [0, 0.1) is 0 Å². The van der Waals surface area contributed by atoms with Crippen LogP contribution < -0.4 is 5.32 Å². The molecule has 0 saturated carbocycles. The molecule has 0 atom stereocenters. The summed E-state index contributed by atoms with van der Waals surface area (Å²) < 4.78 is 4.51. The van der Waals surface area contributed by atoms with Gasteiger partial charge in [0, 0.05) is 38.4 Å². The van der Waals surface area contributed by atoms with Crippen molar-refractivity contribution in [3.05, 3.63) is 0 Å². The second-order valence-corrected chi connectivity index (χ2v) is 4.61. The molecular formula is C10H18N2O3S. The number of piperazine rings is 1. The van der Waals surface area contributed by atoms with Crippen LogP contribution in [0.15, 0.2) is 0 Å². The Kier molecular flexibility index (Phi) is 6.25. The second kappa shape index (κ2) is 7.51. The maximum Gasteiger partial charge on any atom is 0.315 e. The van der Waals surface area contributed by atoms with Gasteiger partial charge in [-0.1, -0.05) is 0 Å². The zero-order valence-electron chi connectivity index (χ0n) is 9.53. The smallest absolute Gasteiger partial charge is 0.315 e. The predicted octanol–water partition coefficient (Wildman–Crippen LogP) is -0.285. The van der Waals surface area contributed by atoms with Gasteiger partial charge in [-0.3, -0.25) is 9.59 Å². The van der Waals surface area contributed by atoms with Gasteiger partial charge in [0.1, 0.15) is 0 Å². The molecule has 0 aromatic carbocycles. The maximum absolute atomic E-state index is 11.7. The van der Waals surface area contributed by atoms with Gasteiger partial charge in [-0.25, -0.2) is 0 Å². The molecule has 1 saturated heterocycles. The van der Waals surface area contributed by atoms with Gasteiger partial charge in [-0.15, -0.1) is 11.8 Å². The van der Waals surface area contributed by atoms with E-state index in [1.807, 2.05) is 4.90 Å². The Bertz CT molecular complexity index is 242. The van der Waals surface area contributed by atoms with Crippen LogP contribution in [0.5, 0.6) is 0 Å². The van der Waals surface area contributed by atoms with Crippen LogP contribution in [0.25, 0.3) is 0 Å². The van der Waals surface area contributed by atoms with Crippen LogP contribution in [0.4, 0.5) is 0 Å². The number of hydrogen-bond acceptors (Lipinski definition) is 5. The molecule has 6 heteroatoms. The Hall–Kier alpha value is -0.750. The number of rotatable bonds is 5. The monoisotopic (exact) mass is 246 g/mol. The largest absolute Gasteiger partial charge is 0.468 e. The minimum Gasteiger partial charge on any atom is -0.468 e. The van der Waals surface area contributed by atoms with Gasteiger partial charge >= 0.3 is 5.97 Å². The number of thioether (sulfide) groups is 1. The fraction of sp³-hybridized carbons (Fsp3) is 0.800. The molecule has 1 heterocycles. The van der Waals surface area contributed by atoms with Gasteiger partial charge in [0.2, 0.25) is 5.91 Å². The number of nitrogens with zero attached hydrogens (tertiary/aromatic N) is 1. The van der Waals surface area contributed by atoms with Gasteiger partial charge in [0.15, 0.2) is 0 Å². The third kappa shape index (κ3) is 4.85. The molecule has 0 bridgehead atoms. The van der Waals surface area contributed by atoms with E-state index in [1.54, 1.807) is 0 Å². The molecule has 1 N–H and O–H groups in total. The number of esters is 1. The molecule has 1 fully saturated rings. The van der Waals surface area contributed by atoms with Crippen molar-refractivity contribution in [1.29, 1.82) is 0 Å². The molecule has 0 aromatic rings. The summed E-state index contributed by atoms with van der Waals surface area (Å²) in [5, 5.41) is 3.20. The third-order valence-electron chi connectivity index (χ3n) is 2.38. The minimum absolute atomic E-state index is 0.180. The maximum atomic E-state index is 11.7. The van der Waals surface area contributed by atoms with Crippen molar-refractivity contribution in [2.75, 3.05) is 44.8 Å². The Morgan fingerprint density at radius 3 is 2.69 bits per heavy atom. The Labute approximate surface area is 99.9 Å². The van der Waals surface area contributed by atoms with Crippen molar-refractivity contribution in [2.45, 2.75) is 6.42 Å². The van der Waals surface area contributed by atoms with Crippen LogP contribution in [0.1, 0.15) is 6.42 Å². The Morgan fingerprint density at radius 1 is 1.38 bits per heavy atom. The van der Waals surface area contributed by atoms with Crippen LogP contribution >= 0.6 is 11.8 Å². The molecule has 0 aromatic heterocycles. The van der Waals surface area contributed by atoms with Crippen LogP contribution in [0.3, 0.4) is 0 Å². The molecule has 0 aliphatic carbocycles. The lowest BCUT2D eigenvalue weighted by Crippen LogP contribution is -2.46. The summed E-state index contributed by atoms with van der Waals surface area (Å²) in [6.07, 6.45) is 0.502. The SMILES string of the molecule is COC(=O)CSCCC(=O)N1CCNCC1. The first-order valence-electron chi connectivity index (χ1n) is 5.37. The lowest BCUT2D eigenvalue weighted by atomic mass is 10.3. The number of methoxy groups -OCH3 is 1. The van der Waals surface area contributed by atoms with Crippen LogP contribution in [-0.4, -0.2) is 61.6 Å². The quantitative estimate of drug-likeness (QED) is 0.534. The summed E-state index contributed by atoms with van der Waals surface area (Å²) in [5.41, 5.74) is 0. The first-order chi connectivity index (χ1) is 7.74. The highest BCUT2D eigenvalue weighted by atomic mass is 32.2. The fourth-order valence-electron chi connectivity index (χ4n) is 1.45. The van der Waals surface area contributed by atoms with Gasteiger partial charge < -0.3 is 15.0 Å². The zero-order chi connectivity index (χ0) is 11.8. The number of nitrogens with one attached hydrogen (secondary N) is 1. The topological polar surface area (TPSA) is 58.6 Å². The lowest BCUT2D eigenvalue weighted by molar-refractivity contribution is -0.137. The number of amides is 1. The van der Waals surface area contributed by atoms with E-state index < -0.39 is 0 Å². The molecule has 0 unspecified atom stereocenters. The molecule has 0 spiro atoms. The van der Waals surface area contributed by atoms with E-state index in [-0.39, 0.29) is 11.9 Å². The minimum atomic E-state index is -0.236. The van der Waals surface area contributed by atoms with E-state index in [0.717, 1.165) is 26.2 Å². The summed E-state index contributed by atoms with van der Waals surface area (Å²) in [6, 6.07) is 0. The van der Waals surface area contributed by atoms with E-state index >= 15 is 0 Å². The van der Waals surface area contributed by atoms with E-state index in [1.165, 1.54) is 18.9 Å². The summed E-state index contributed by atoms with van der Waals surface area (Å²) in [5.74, 6) is 0.946. The molecule has 16 heavy (non-hydrogen) atoms. The van der Waals surface area contributed by atoms with Crippen molar-refractivity contribution >= 4 is 23.6 Å². The van der Waals surface area contributed by atoms with Crippen molar-refractivity contribution in [3.8, 4) is 0 Å². The van der Waals surface area contributed by atoms with E-state index in [9.17, 15) is 9.59 Å².